The summed E-state index contributed by atoms with van der Waals surface area (Å²) >= 11 is 0. The molecule has 3 unspecified atom stereocenters. The molecule has 1 saturated heterocycles. The molecule has 2 fully saturated rings. The van der Waals surface area contributed by atoms with E-state index in [1.807, 2.05) is 0 Å². The van der Waals surface area contributed by atoms with Crippen LogP contribution < -0.4 is 5.32 Å². The average molecular weight is 241 g/mol. The summed E-state index contributed by atoms with van der Waals surface area (Å²) in [7, 11) is 0. The van der Waals surface area contributed by atoms with Crippen molar-refractivity contribution in [1.82, 2.24) is 5.32 Å². The Morgan fingerprint density at radius 2 is 1.50 bits per heavy atom. The van der Waals surface area contributed by atoms with Gasteiger partial charge in [-0.1, -0.05) is 24.3 Å². The molecular weight excluding hydrogens is 218 g/mol. The third-order valence-electron chi connectivity index (χ3n) is 5.72. The van der Waals surface area contributed by atoms with E-state index in [-0.39, 0.29) is 0 Å². The number of benzene rings is 1. The van der Waals surface area contributed by atoms with Gasteiger partial charge in [-0.2, -0.15) is 0 Å². The van der Waals surface area contributed by atoms with Gasteiger partial charge in [0.25, 0.3) is 0 Å². The molecule has 1 aliphatic heterocycles. The van der Waals surface area contributed by atoms with Crippen molar-refractivity contribution >= 4 is 0 Å². The summed E-state index contributed by atoms with van der Waals surface area (Å²) in [6.45, 7) is 2.54. The fourth-order valence-corrected chi connectivity index (χ4v) is 4.97. The monoisotopic (exact) mass is 241 g/mol. The lowest BCUT2D eigenvalue weighted by molar-refractivity contribution is 0.221. The van der Waals surface area contributed by atoms with Crippen molar-refractivity contribution in [2.45, 2.75) is 32.1 Å². The fourth-order valence-electron chi connectivity index (χ4n) is 4.97. The molecule has 0 spiro atoms. The smallest absolute Gasteiger partial charge is 0.00172 e. The van der Waals surface area contributed by atoms with E-state index in [1.54, 1.807) is 11.1 Å². The van der Waals surface area contributed by atoms with Crippen LogP contribution in [-0.4, -0.2) is 13.1 Å². The molecule has 1 aromatic rings. The topological polar surface area (TPSA) is 12.0 Å². The summed E-state index contributed by atoms with van der Waals surface area (Å²) in [5.41, 5.74) is 3.31. The maximum Gasteiger partial charge on any atom is -0.00172 e. The lowest BCUT2D eigenvalue weighted by Gasteiger charge is -2.28. The maximum atomic E-state index is 3.58. The molecule has 1 N–H and O–H groups in total. The molecule has 0 amide bonds. The van der Waals surface area contributed by atoms with E-state index in [1.165, 1.54) is 45.2 Å². The van der Waals surface area contributed by atoms with Crippen LogP contribution in [0.3, 0.4) is 0 Å². The van der Waals surface area contributed by atoms with Crippen molar-refractivity contribution in [3.63, 3.8) is 0 Å². The summed E-state index contributed by atoms with van der Waals surface area (Å²) in [5, 5.41) is 3.58. The minimum absolute atomic E-state index is 0.969. The number of nitrogens with one attached hydrogen (secondary N) is 1. The highest BCUT2D eigenvalue weighted by Gasteiger charge is 2.43. The highest BCUT2D eigenvalue weighted by molar-refractivity contribution is 5.30. The maximum absolute atomic E-state index is 3.58. The van der Waals surface area contributed by atoms with Crippen LogP contribution >= 0.6 is 0 Å². The largest absolute Gasteiger partial charge is 0.316 e. The molecule has 1 aromatic carbocycles. The van der Waals surface area contributed by atoms with Gasteiger partial charge in [0.05, 0.1) is 0 Å². The molecule has 2 aliphatic carbocycles. The molecule has 1 heteroatoms. The second-order valence-corrected chi connectivity index (χ2v) is 6.60. The Bertz CT molecular complexity index is 400. The lowest BCUT2D eigenvalue weighted by Crippen LogP contribution is -2.26. The van der Waals surface area contributed by atoms with Crippen molar-refractivity contribution < 1.29 is 0 Å². The van der Waals surface area contributed by atoms with Crippen molar-refractivity contribution in [2.24, 2.45) is 23.7 Å². The van der Waals surface area contributed by atoms with E-state index in [2.05, 4.69) is 29.6 Å². The van der Waals surface area contributed by atoms with Crippen LogP contribution in [0.5, 0.6) is 0 Å². The van der Waals surface area contributed by atoms with E-state index in [0.29, 0.717) is 0 Å². The number of fused-ring (bicyclic) bond motifs is 3. The van der Waals surface area contributed by atoms with Gasteiger partial charge in [0, 0.05) is 0 Å². The van der Waals surface area contributed by atoms with Crippen molar-refractivity contribution in [2.75, 3.05) is 13.1 Å². The lowest BCUT2D eigenvalue weighted by atomic mass is 9.77. The molecule has 96 valence electrons. The number of hydrogen-bond acceptors (Lipinski definition) is 1. The second-order valence-electron chi connectivity index (χ2n) is 6.60. The van der Waals surface area contributed by atoms with E-state index in [0.717, 1.165) is 23.7 Å². The van der Waals surface area contributed by atoms with Crippen LogP contribution in [0.2, 0.25) is 0 Å². The first-order valence-corrected chi connectivity index (χ1v) is 7.69. The van der Waals surface area contributed by atoms with Gasteiger partial charge in [-0.25, -0.2) is 0 Å². The molecule has 0 aromatic heterocycles. The molecule has 3 atom stereocenters. The van der Waals surface area contributed by atoms with E-state index in [9.17, 15) is 0 Å². The minimum Gasteiger partial charge on any atom is -0.316 e. The van der Waals surface area contributed by atoms with Crippen LogP contribution in [0.15, 0.2) is 24.3 Å². The summed E-state index contributed by atoms with van der Waals surface area (Å²) in [4.78, 5) is 0. The SMILES string of the molecule is c1ccc2c(c1)CC1CCC(C2)C1C1CCNC1. The third-order valence-corrected chi connectivity index (χ3v) is 5.72. The zero-order chi connectivity index (χ0) is 11.9. The summed E-state index contributed by atoms with van der Waals surface area (Å²) in [6.07, 6.45) is 7.11. The van der Waals surface area contributed by atoms with Crippen molar-refractivity contribution in [1.29, 1.82) is 0 Å². The number of rotatable bonds is 1. The molecular formula is C17H23N. The highest BCUT2D eigenvalue weighted by Crippen LogP contribution is 2.48. The second kappa shape index (κ2) is 4.38. The van der Waals surface area contributed by atoms with Gasteiger partial charge in [-0.3, -0.25) is 0 Å². The molecule has 1 heterocycles. The Labute approximate surface area is 110 Å². The standard InChI is InChI=1S/C17H23N/c1-2-4-13-10-15-6-5-14(9-12(13)3-1)17(15)16-7-8-18-11-16/h1-4,14-18H,5-11H2. The van der Waals surface area contributed by atoms with Crippen LogP contribution in [0.1, 0.15) is 30.4 Å². The fraction of sp³-hybridized carbons (Fsp3) is 0.647. The Kier molecular flexibility index (Phi) is 2.69. The molecule has 1 saturated carbocycles. The minimum atomic E-state index is 0.969. The highest BCUT2D eigenvalue weighted by atomic mass is 14.9. The Morgan fingerprint density at radius 1 is 0.833 bits per heavy atom. The molecule has 1 nitrogen and oxygen atoms in total. The average Bonchev–Trinajstić information content (AvgIpc) is 2.96. The summed E-state index contributed by atoms with van der Waals surface area (Å²) in [5.74, 6) is 3.93. The zero-order valence-electron chi connectivity index (χ0n) is 11.1. The first-order chi connectivity index (χ1) is 8.92. The van der Waals surface area contributed by atoms with Crippen LogP contribution in [0.25, 0.3) is 0 Å². The molecule has 18 heavy (non-hydrogen) atoms. The predicted octanol–water partition coefficient (Wildman–Crippen LogP) is 3.04. The number of hydrogen-bond donors (Lipinski definition) is 1. The summed E-state index contributed by atoms with van der Waals surface area (Å²) < 4.78 is 0. The molecule has 0 radical (unpaired) electrons. The van der Waals surface area contributed by atoms with Gasteiger partial charge in [-0.15, -0.1) is 0 Å². The predicted molar refractivity (Wildman–Crippen MR) is 74.5 cm³/mol. The van der Waals surface area contributed by atoms with Gasteiger partial charge in [0.2, 0.25) is 0 Å². The zero-order valence-corrected chi connectivity index (χ0v) is 11.1. The van der Waals surface area contributed by atoms with Gasteiger partial charge in [-0.05, 0) is 80.0 Å². The quantitative estimate of drug-likeness (QED) is 0.797. The molecule has 3 aliphatic rings. The van der Waals surface area contributed by atoms with E-state index in [4.69, 9.17) is 0 Å². The third kappa shape index (κ3) is 1.72. The molecule has 2 bridgehead atoms. The van der Waals surface area contributed by atoms with Crippen LogP contribution in [-0.2, 0) is 12.8 Å². The van der Waals surface area contributed by atoms with E-state index >= 15 is 0 Å². The van der Waals surface area contributed by atoms with Gasteiger partial charge in [0.1, 0.15) is 0 Å². The Hall–Kier alpha value is -0.820. The van der Waals surface area contributed by atoms with Crippen molar-refractivity contribution in [3.05, 3.63) is 35.4 Å². The Balaban J connectivity index is 1.66. The van der Waals surface area contributed by atoms with Crippen LogP contribution in [0.4, 0.5) is 0 Å². The van der Waals surface area contributed by atoms with Crippen molar-refractivity contribution in [3.8, 4) is 0 Å². The Morgan fingerprint density at radius 3 is 2.06 bits per heavy atom. The van der Waals surface area contributed by atoms with Gasteiger partial charge in [0.15, 0.2) is 0 Å². The summed E-state index contributed by atoms with van der Waals surface area (Å²) in [6, 6.07) is 9.20. The first-order valence-electron chi connectivity index (χ1n) is 7.69. The molecule has 4 rings (SSSR count). The van der Waals surface area contributed by atoms with Gasteiger partial charge < -0.3 is 5.32 Å². The van der Waals surface area contributed by atoms with E-state index < -0.39 is 0 Å². The van der Waals surface area contributed by atoms with Crippen LogP contribution in [0, 0.1) is 23.7 Å². The first kappa shape index (κ1) is 11.0. The normalized spacial score (nSPS) is 38.4. The van der Waals surface area contributed by atoms with Gasteiger partial charge >= 0.3 is 0 Å².